The van der Waals surface area contributed by atoms with Crippen molar-refractivity contribution in [3.8, 4) is 5.75 Å². The zero-order valence-corrected chi connectivity index (χ0v) is 9.40. The number of isocyanates is 1. The van der Waals surface area contributed by atoms with Gasteiger partial charge in [0.05, 0.1) is 13.7 Å². The van der Waals surface area contributed by atoms with E-state index in [2.05, 4.69) is 11.1 Å². The van der Waals surface area contributed by atoms with Crippen LogP contribution >= 0.6 is 0 Å². The van der Waals surface area contributed by atoms with Crippen molar-refractivity contribution in [2.24, 2.45) is 4.99 Å². The molecule has 0 aliphatic heterocycles. The van der Waals surface area contributed by atoms with E-state index in [1.165, 1.54) is 11.1 Å². The molecular weight excluding hydrogens is 202 g/mol. The van der Waals surface area contributed by atoms with Gasteiger partial charge in [-0.1, -0.05) is 12.1 Å². The van der Waals surface area contributed by atoms with E-state index in [9.17, 15) is 4.79 Å². The van der Waals surface area contributed by atoms with Crippen LogP contribution in [0.5, 0.6) is 5.75 Å². The lowest BCUT2D eigenvalue weighted by atomic mass is 9.82. The lowest BCUT2D eigenvalue weighted by molar-refractivity contribution is 0.403. The number of rotatable bonds is 3. The van der Waals surface area contributed by atoms with E-state index < -0.39 is 0 Å². The van der Waals surface area contributed by atoms with Gasteiger partial charge in [-0.2, -0.15) is 0 Å². The number of hydrogen-bond acceptors (Lipinski definition) is 3. The molecule has 3 heteroatoms. The molecule has 0 amide bonds. The molecule has 0 saturated heterocycles. The van der Waals surface area contributed by atoms with Crippen LogP contribution in [0, 0.1) is 0 Å². The third-order valence-electron chi connectivity index (χ3n) is 3.18. The minimum absolute atomic E-state index is 0.347. The van der Waals surface area contributed by atoms with Gasteiger partial charge in [-0.25, -0.2) is 9.79 Å². The van der Waals surface area contributed by atoms with Gasteiger partial charge >= 0.3 is 0 Å². The number of hydrogen-bond donors (Lipinski definition) is 0. The van der Waals surface area contributed by atoms with Crippen LogP contribution in [0.1, 0.15) is 29.9 Å². The first kappa shape index (κ1) is 10.9. The Morgan fingerprint density at radius 2 is 2.44 bits per heavy atom. The SMILES string of the molecule is COc1cccc2c1CCCC2CN=C=O. The summed E-state index contributed by atoms with van der Waals surface area (Å²) in [6, 6.07) is 6.10. The molecule has 1 aromatic rings. The van der Waals surface area contributed by atoms with E-state index in [4.69, 9.17) is 4.74 Å². The minimum atomic E-state index is 0.347. The van der Waals surface area contributed by atoms with E-state index in [1.807, 2.05) is 12.1 Å². The normalized spacial score (nSPS) is 18.4. The van der Waals surface area contributed by atoms with Crippen LogP contribution in [-0.2, 0) is 11.2 Å². The number of carbonyl (C=O) groups excluding carboxylic acids is 1. The van der Waals surface area contributed by atoms with Crippen molar-refractivity contribution in [2.75, 3.05) is 13.7 Å². The monoisotopic (exact) mass is 217 g/mol. The molecule has 84 valence electrons. The van der Waals surface area contributed by atoms with Crippen molar-refractivity contribution in [3.63, 3.8) is 0 Å². The molecule has 1 atom stereocenters. The quantitative estimate of drug-likeness (QED) is 0.576. The first-order chi connectivity index (χ1) is 7.86. The summed E-state index contributed by atoms with van der Waals surface area (Å²) in [7, 11) is 1.70. The molecule has 16 heavy (non-hydrogen) atoms. The molecule has 0 spiro atoms. The van der Waals surface area contributed by atoms with Gasteiger partial charge in [-0.3, -0.25) is 0 Å². The third kappa shape index (κ3) is 2.00. The van der Waals surface area contributed by atoms with Crippen LogP contribution in [0.15, 0.2) is 23.2 Å². The standard InChI is InChI=1S/C13H15NO2/c1-16-13-7-3-5-11-10(8-14-9-15)4-2-6-12(11)13/h3,5,7,10H,2,4,6,8H2,1H3. The summed E-state index contributed by atoms with van der Waals surface area (Å²) in [4.78, 5) is 13.9. The highest BCUT2D eigenvalue weighted by atomic mass is 16.5. The molecule has 0 fully saturated rings. The Hall–Kier alpha value is -1.60. The fourth-order valence-corrected chi connectivity index (χ4v) is 2.44. The fraction of sp³-hybridized carbons (Fsp3) is 0.462. The fourth-order valence-electron chi connectivity index (χ4n) is 2.44. The topological polar surface area (TPSA) is 38.7 Å². The maximum absolute atomic E-state index is 10.2. The second-order valence-corrected chi connectivity index (χ2v) is 4.05. The molecule has 0 bridgehead atoms. The highest BCUT2D eigenvalue weighted by Gasteiger charge is 2.22. The number of methoxy groups -OCH3 is 1. The number of aliphatic imine (C=N–C) groups is 1. The maximum Gasteiger partial charge on any atom is 0.234 e. The van der Waals surface area contributed by atoms with Crippen LogP contribution in [0.25, 0.3) is 0 Å². The number of ether oxygens (including phenoxy) is 1. The van der Waals surface area contributed by atoms with Gasteiger partial charge in [0.2, 0.25) is 6.08 Å². The third-order valence-corrected chi connectivity index (χ3v) is 3.18. The van der Waals surface area contributed by atoms with Gasteiger partial charge in [-0.15, -0.1) is 0 Å². The van der Waals surface area contributed by atoms with Crippen molar-refractivity contribution < 1.29 is 9.53 Å². The molecule has 0 saturated carbocycles. The summed E-state index contributed by atoms with van der Waals surface area (Å²) in [6.45, 7) is 0.545. The second-order valence-electron chi connectivity index (χ2n) is 4.05. The van der Waals surface area contributed by atoms with Crippen LogP contribution in [0.2, 0.25) is 0 Å². The minimum Gasteiger partial charge on any atom is -0.496 e. The average Bonchev–Trinajstić information content (AvgIpc) is 2.35. The summed E-state index contributed by atoms with van der Waals surface area (Å²) in [5.74, 6) is 1.30. The van der Waals surface area contributed by atoms with Crippen molar-refractivity contribution in [1.29, 1.82) is 0 Å². The zero-order valence-electron chi connectivity index (χ0n) is 9.40. The van der Waals surface area contributed by atoms with E-state index >= 15 is 0 Å². The Kier molecular flexibility index (Phi) is 3.37. The predicted molar refractivity (Wildman–Crippen MR) is 61.7 cm³/mol. The summed E-state index contributed by atoms with van der Waals surface area (Å²) in [5.41, 5.74) is 2.56. The summed E-state index contributed by atoms with van der Waals surface area (Å²) >= 11 is 0. The van der Waals surface area contributed by atoms with Gasteiger partial charge in [0, 0.05) is 5.92 Å². The lowest BCUT2D eigenvalue weighted by Gasteiger charge is -2.25. The first-order valence-corrected chi connectivity index (χ1v) is 5.56. The molecular formula is C13H15NO2. The summed E-state index contributed by atoms with van der Waals surface area (Å²) in [5, 5.41) is 0. The van der Waals surface area contributed by atoms with Crippen LogP contribution in [0.4, 0.5) is 0 Å². The van der Waals surface area contributed by atoms with E-state index in [0.717, 1.165) is 25.0 Å². The highest BCUT2D eigenvalue weighted by molar-refractivity contribution is 5.44. The van der Waals surface area contributed by atoms with Gasteiger partial charge in [0.1, 0.15) is 5.75 Å². The van der Waals surface area contributed by atoms with Crippen molar-refractivity contribution in [2.45, 2.75) is 25.2 Å². The largest absolute Gasteiger partial charge is 0.496 e. The van der Waals surface area contributed by atoms with Gasteiger partial charge in [0.25, 0.3) is 0 Å². The lowest BCUT2D eigenvalue weighted by Crippen LogP contribution is -2.13. The smallest absolute Gasteiger partial charge is 0.234 e. The Balaban J connectivity index is 2.34. The second kappa shape index (κ2) is 4.95. The zero-order chi connectivity index (χ0) is 11.4. The molecule has 0 radical (unpaired) electrons. The van der Waals surface area contributed by atoms with E-state index in [-0.39, 0.29) is 0 Å². The van der Waals surface area contributed by atoms with Crippen molar-refractivity contribution in [1.82, 2.24) is 0 Å². The molecule has 1 aromatic carbocycles. The summed E-state index contributed by atoms with van der Waals surface area (Å²) in [6.07, 6.45) is 4.89. The first-order valence-electron chi connectivity index (χ1n) is 5.56. The van der Waals surface area contributed by atoms with Crippen molar-refractivity contribution in [3.05, 3.63) is 29.3 Å². The van der Waals surface area contributed by atoms with Gasteiger partial charge < -0.3 is 4.74 Å². The molecule has 1 aliphatic rings. The van der Waals surface area contributed by atoms with Gasteiger partial charge in [-0.05, 0) is 36.5 Å². The maximum atomic E-state index is 10.2. The Morgan fingerprint density at radius 1 is 1.56 bits per heavy atom. The molecule has 2 rings (SSSR count). The van der Waals surface area contributed by atoms with E-state index in [0.29, 0.717) is 12.5 Å². The Bertz CT molecular complexity index is 422. The average molecular weight is 217 g/mol. The highest BCUT2D eigenvalue weighted by Crippen LogP contribution is 2.36. The number of fused-ring (bicyclic) bond motifs is 1. The molecule has 1 unspecified atom stereocenters. The Labute approximate surface area is 95.2 Å². The molecule has 3 nitrogen and oxygen atoms in total. The van der Waals surface area contributed by atoms with Crippen molar-refractivity contribution >= 4 is 6.08 Å². The Morgan fingerprint density at radius 3 is 3.19 bits per heavy atom. The molecule has 0 aromatic heterocycles. The van der Waals surface area contributed by atoms with Crippen LogP contribution in [-0.4, -0.2) is 19.7 Å². The molecule has 1 aliphatic carbocycles. The number of nitrogens with zero attached hydrogens (tertiary/aromatic N) is 1. The number of benzene rings is 1. The predicted octanol–water partition coefficient (Wildman–Crippen LogP) is 2.45. The molecule has 0 N–H and O–H groups in total. The van der Waals surface area contributed by atoms with E-state index in [1.54, 1.807) is 13.2 Å². The summed E-state index contributed by atoms with van der Waals surface area (Å²) < 4.78 is 5.36. The molecule has 0 heterocycles. The van der Waals surface area contributed by atoms with Crippen LogP contribution in [0.3, 0.4) is 0 Å². The van der Waals surface area contributed by atoms with Crippen LogP contribution < -0.4 is 4.74 Å². The van der Waals surface area contributed by atoms with Gasteiger partial charge in [0.15, 0.2) is 0 Å².